The summed E-state index contributed by atoms with van der Waals surface area (Å²) < 4.78 is 2.04. The fourth-order valence-corrected chi connectivity index (χ4v) is 4.58. The molecular weight excluding hydrogens is 414 g/mol. The van der Waals surface area contributed by atoms with Gasteiger partial charge < -0.3 is 5.32 Å². The molecule has 1 aliphatic heterocycles. The number of hydrogen-bond donors (Lipinski definition) is 1. The van der Waals surface area contributed by atoms with Crippen LogP contribution in [0.3, 0.4) is 0 Å². The van der Waals surface area contributed by atoms with Gasteiger partial charge in [-0.2, -0.15) is 10.2 Å². The van der Waals surface area contributed by atoms with Crippen molar-refractivity contribution in [2.24, 2.45) is 5.10 Å². The number of carbonyl (C=O) groups is 2. The molecule has 2 aliphatic rings. The largest absolute Gasteiger partial charge is 0.344 e. The van der Waals surface area contributed by atoms with Gasteiger partial charge in [0, 0.05) is 24.1 Å². The van der Waals surface area contributed by atoms with Gasteiger partial charge in [-0.3, -0.25) is 14.3 Å². The van der Waals surface area contributed by atoms with E-state index in [1.807, 2.05) is 60.3 Å². The first-order valence-electron chi connectivity index (χ1n) is 11.4. The first-order valence-corrected chi connectivity index (χ1v) is 11.4. The van der Waals surface area contributed by atoms with Crippen molar-refractivity contribution in [1.29, 1.82) is 0 Å². The fraction of sp³-hybridized carbons (Fsp3) is 0.308. The molecule has 1 aromatic heterocycles. The Morgan fingerprint density at radius 2 is 1.94 bits per heavy atom. The lowest BCUT2D eigenvalue weighted by Gasteiger charge is -2.27. The van der Waals surface area contributed by atoms with E-state index in [4.69, 9.17) is 0 Å². The summed E-state index contributed by atoms with van der Waals surface area (Å²) >= 11 is 0. The Labute approximate surface area is 193 Å². The summed E-state index contributed by atoms with van der Waals surface area (Å²) in [6.07, 6.45) is 5.30. The van der Waals surface area contributed by atoms with Crippen molar-refractivity contribution in [3.63, 3.8) is 0 Å². The summed E-state index contributed by atoms with van der Waals surface area (Å²) in [6, 6.07) is 17.8. The summed E-state index contributed by atoms with van der Waals surface area (Å²) in [5.74, 6) is -0.312. The maximum atomic E-state index is 13.1. The van der Waals surface area contributed by atoms with E-state index in [1.54, 1.807) is 0 Å². The Balaban J connectivity index is 1.33. The second-order valence-corrected chi connectivity index (χ2v) is 8.70. The Morgan fingerprint density at radius 3 is 2.76 bits per heavy atom. The minimum Gasteiger partial charge on any atom is -0.344 e. The second-order valence-electron chi connectivity index (χ2n) is 8.70. The van der Waals surface area contributed by atoms with E-state index >= 15 is 0 Å². The van der Waals surface area contributed by atoms with Crippen LogP contribution in [-0.4, -0.2) is 27.3 Å². The third-order valence-electron chi connectivity index (χ3n) is 6.28. The maximum absolute atomic E-state index is 13.1. The molecule has 168 valence electrons. The molecule has 5 rings (SSSR count). The van der Waals surface area contributed by atoms with Gasteiger partial charge >= 0.3 is 0 Å². The molecule has 3 aromatic rings. The van der Waals surface area contributed by atoms with E-state index in [0.29, 0.717) is 17.8 Å². The molecule has 0 bridgehead atoms. The summed E-state index contributed by atoms with van der Waals surface area (Å²) in [6.45, 7) is 2.69. The highest BCUT2D eigenvalue weighted by Gasteiger charge is 2.30. The molecule has 7 nitrogen and oxygen atoms in total. The number of nitrogens with one attached hydrogen (secondary N) is 1. The highest BCUT2D eigenvalue weighted by Crippen LogP contribution is 2.30. The van der Waals surface area contributed by atoms with Gasteiger partial charge in [0.1, 0.15) is 5.71 Å². The molecule has 1 aliphatic carbocycles. The molecule has 2 heterocycles. The topological polar surface area (TPSA) is 79.6 Å². The second kappa shape index (κ2) is 9.02. The number of carbonyl (C=O) groups excluding carboxylic acids is 2. The first kappa shape index (κ1) is 21.1. The van der Waals surface area contributed by atoms with Gasteiger partial charge in [-0.25, -0.2) is 5.01 Å². The molecule has 1 N–H and O–H groups in total. The molecule has 1 atom stereocenters. The van der Waals surface area contributed by atoms with Crippen LogP contribution in [0.4, 0.5) is 5.69 Å². The molecular formula is C26H27N5O2. The van der Waals surface area contributed by atoms with Gasteiger partial charge in [0.2, 0.25) is 5.91 Å². The molecule has 0 saturated heterocycles. The van der Waals surface area contributed by atoms with Crippen molar-refractivity contribution in [3.05, 3.63) is 83.2 Å². The third-order valence-corrected chi connectivity index (χ3v) is 6.28. The smallest absolute Gasteiger partial charge is 0.268 e. The molecule has 2 aromatic carbocycles. The molecule has 0 spiro atoms. The Bertz CT molecular complexity index is 1210. The number of amides is 2. The highest BCUT2D eigenvalue weighted by molar-refractivity contribution is 6.40. The molecule has 1 unspecified atom stereocenters. The van der Waals surface area contributed by atoms with Crippen molar-refractivity contribution in [1.82, 2.24) is 15.1 Å². The van der Waals surface area contributed by atoms with Gasteiger partial charge in [0.15, 0.2) is 0 Å². The van der Waals surface area contributed by atoms with Gasteiger partial charge in [-0.1, -0.05) is 42.5 Å². The average Bonchev–Trinajstić information content (AvgIpc) is 3.24. The molecule has 0 saturated carbocycles. The summed E-state index contributed by atoms with van der Waals surface area (Å²) in [5.41, 5.74) is 5.57. The minimum absolute atomic E-state index is 0.0979. The Morgan fingerprint density at radius 1 is 1.09 bits per heavy atom. The van der Waals surface area contributed by atoms with Crippen LogP contribution >= 0.6 is 0 Å². The number of anilines is 1. The van der Waals surface area contributed by atoms with Crippen LogP contribution in [0.2, 0.25) is 0 Å². The van der Waals surface area contributed by atoms with Crippen LogP contribution in [0, 0.1) is 6.92 Å². The van der Waals surface area contributed by atoms with Crippen LogP contribution in [0.1, 0.15) is 54.1 Å². The lowest BCUT2D eigenvalue weighted by atomic mass is 9.92. The summed E-state index contributed by atoms with van der Waals surface area (Å²) in [7, 11) is 0. The normalized spacial score (nSPS) is 18.0. The van der Waals surface area contributed by atoms with Crippen molar-refractivity contribution < 1.29 is 9.59 Å². The van der Waals surface area contributed by atoms with E-state index < -0.39 is 0 Å². The third kappa shape index (κ3) is 4.44. The van der Waals surface area contributed by atoms with Crippen molar-refractivity contribution in [3.8, 4) is 0 Å². The summed E-state index contributed by atoms with van der Waals surface area (Å²) in [5, 5.41) is 13.6. The fourth-order valence-electron chi connectivity index (χ4n) is 4.58. The average molecular weight is 442 g/mol. The van der Waals surface area contributed by atoms with Crippen LogP contribution in [0.5, 0.6) is 0 Å². The standard InChI is InChI=1S/C26H27N5O2/c1-18-7-5-10-20(15-18)31-25(32)14-13-23(29-31)26(33)28-22-11-6-12-24-21(22)16-27-30(24)17-19-8-3-2-4-9-19/h2-5,7-10,15-16,22H,6,11-14,17H2,1H3,(H,28,33). The number of rotatable bonds is 5. The minimum atomic E-state index is -0.214. The number of aryl methyl sites for hydroxylation is 1. The van der Waals surface area contributed by atoms with E-state index in [1.165, 1.54) is 16.3 Å². The Kier molecular flexibility index (Phi) is 5.77. The summed E-state index contributed by atoms with van der Waals surface area (Å²) in [4.78, 5) is 25.6. The van der Waals surface area contributed by atoms with Gasteiger partial charge in [0.05, 0.1) is 24.5 Å². The molecule has 7 heteroatoms. The van der Waals surface area contributed by atoms with Crippen LogP contribution in [-0.2, 0) is 22.6 Å². The Hall–Kier alpha value is -3.74. The quantitative estimate of drug-likeness (QED) is 0.652. The van der Waals surface area contributed by atoms with Gasteiger partial charge in [-0.15, -0.1) is 0 Å². The van der Waals surface area contributed by atoms with Crippen LogP contribution < -0.4 is 10.3 Å². The van der Waals surface area contributed by atoms with E-state index in [-0.39, 0.29) is 24.3 Å². The van der Waals surface area contributed by atoms with Gasteiger partial charge in [0.25, 0.3) is 5.91 Å². The van der Waals surface area contributed by atoms with Crippen molar-refractivity contribution in [2.75, 3.05) is 5.01 Å². The number of nitrogens with zero attached hydrogens (tertiary/aromatic N) is 4. The van der Waals surface area contributed by atoms with Gasteiger partial charge in [-0.05, 0) is 49.4 Å². The predicted octanol–water partition coefficient (Wildman–Crippen LogP) is 3.92. The first-order chi connectivity index (χ1) is 16.1. The van der Waals surface area contributed by atoms with E-state index in [2.05, 4.69) is 27.6 Å². The number of benzene rings is 2. The maximum Gasteiger partial charge on any atom is 0.268 e. The lowest BCUT2D eigenvalue weighted by molar-refractivity contribution is -0.119. The number of fused-ring (bicyclic) bond motifs is 1. The zero-order valence-corrected chi connectivity index (χ0v) is 18.7. The zero-order valence-electron chi connectivity index (χ0n) is 18.7. The monoisotopic (exact) mass is 441 g/mol. The van der Waals surface area contributed by atoms with Crippen molar-refractivity contribution >= 4 is 23.2 Å². The van der Waals surface area contributed by atoms with Crippen molar-refractivity contribution in [2.45, 2.75) is 51.6 Å². The molecule has 0 fully saturated rings. The SMILES string of the molecule is Cc1cccc(N2N=C(C(=O)NC3CCCc4c3cnn4Cc3ccccc3)CCC2=O)c1. The number of hydrazone groups is 1. The molecule has 33 heavy (non-hydrogen) atoms. The van der Waals surface area contributed by atoms with E-state index in [9.17, 15) is 9.59 Å². The van der Waals surface area contributed by atoms with Crippen LogP contribution in [0.15, 0.2) is 65.9 Å². The molecule has 2 amide bonds. The van der Waals surface area contributed by atoms with E-state index in [0.717, 1.165) is 36.9 Å². The highest BCUT2D eigenvalue weighted by atomic mass is 16.2. The number of hydrogen-bond acceptors (Lipinski definition) is 4. The lowest BCUT2D eigenvalue weighted by Crippen LogP contribution is -2.41. The van der Waals surface area contributed by atoms with Crippen LogP contribution in [0.25, 0.3) is 0 Å². The number of aromatic nitrogens is 2. The molecule has 0 radical (unpaired) electrons. The predicted molar refractivity (Wildman–Crippen MR) is 127 cm³/mol. The zero-order chi connectivity index (χ0) is 22.8.